The maximum absolute atomic E-state index is 12.6. The zero-order chi connectivity index (χ0) is 17.1. The summed E-state index contributed by atoms with van der Waals surface area (Å²) in [6, 6.07) is 0. The van der Waals surface area contributed by atoms with Crippen molar-refractivity contribution in [2.24, 2.45) is 0 Å². The Hall–Kier alpha value is -0.0400. The molecule has 0 aromatic heterocycles. The largest absolute Gasteiger partial charge is 0.616 e. The zero-order valence-electron chi connectivity index (χ0n) is 13.2. The molecule has 0 aliphatic carbocycles. The third kappa shape index (κ3) is 10.6. The molecule has 0 fully saturated rings. The van der Waals surface area contributed by atoms with Crippen LogP contribution in [0.2, 0.25) is 0 Å². The maximum atomic E-state index is 12.6. The van der Waals surface area contributed by atoms with E-state index in [1.54, 1.807) is 0 Å². The van der Waals surface area contributed by atoms with Crippen LogP contribution in [0.15, 0.2) is 0 Å². The molecule has 0 bridgehead atoms. The van der Waals surface area contributed by atoms with Crippen LogP contribution in [0.4, 0.5) is 22.0 Å². The smallest absolute Gasteiger partial charge is 0.453 e. The van der Waals surface area contributed by atoms with Gasteiger partial charge < -0.3 is 4.55 Å². The zero-order valence-corrected chi connectivity index (χ0v) is 14.0. The average Bonchev–Trinajstić information content (AvgIpc) is 2.40. The maximum Gasteiger partial charge on any atom is 0.453 e. The van der Waals surface area contributed by atoms with E-state index < -0.39 is 29.7 Å². The molecule has 0 N–H and O–H groups in total. The molecular weight excluding hydrogens is 323 g/mol. The highest BCUT2D eigenvalue weighted by Crippen LogP contribution is 2.38. The van der Waals surface area contributed by atoms with E-state index in [0.717, 1.165) is 25.7 Å². The predicted octanol–water partition coefficient (Wildman–Crippen LogP) is 5.85. The van der Waals surface area contributed by atoms with Crippen molar-refractivity contribution in [2.75, 3.05) is 11.5 Å². The molecule has 0 spiro atoms. The average molecular weight is 350 g/mol. The SMILES string of the molecule is CCCCCCCCCC[S+]([O-])CCCC(F)(F)C(F)(F)F. The molecule has 0 amide bonds. The van der Waals surface area contributed by atoms with Gasteiger partial charge in [0.2, 0.25) is 0 Å². The highest BCUT2D eigenvalue weighted by atomic mass is 32.2. The van der Waals surface area contributed by atoms with Crippen molar-refractivity contribution < 1.29 is 26.5 Å². The lowest BCUT2D eigenvalue weighted by Gasteiger charge is -2.19. The molecule has 1 unspecified atom stereocenters. The van der Waals surface area contributed by atoms with Crippen LogP contribution in [0, 0.1) is 0 Å². The Balaban J connectivity index is 3.53. The van der Waals surface area contributed by atoms with Crippen LogP contribution in [-0.4, -0.2) is 28.2 Å². The fraction of sp³-hybridized carbons (Fsp3) is 1.00. The summed E-state index contributed by atoms with van der Waals surface area (Å²) in [5.74, 6) is -4.36. The Morgan fingerprint density at radius 3 is 1.68 bits per heavy atom. The molecule has 0 aromatic rings. The van der Waals surface area contributed by atoms with Crippen LogP contribution in [0.5, 0.6) is 0 Å². The molecule has 0 saturated heterocycles. The van der Waals surface area contributed by atoms with Gasteiger partial charge in [-0.25, -0.2) is 0 Å². The minimum absolute atomic E-state index is 0.0812. The summed E-state index contributed by atoms with van der Waals surface area (Å²) in [7, 11) is 0. The third-order valence-corrected chi connectivity index (χ3v) is 4.99. The van der Waals surface area contributed by atoms with Gasteiger partial charge in [-0.3, -0.25) is 0 Å². The van der Waals surface area contributed by atoms with Crippen molar-refractivity contribution in [3.8, 4) is 0 Å². The third-order valence-electron chi connectivity index (χ3n) is 3.50. The summed E-state index contributed by atoms with van der Waals surface area (Å²) >= 11 is -1.29. The van der Waals surface area contributed by atoms with E-state index in [1.165, 1.54) is 25.7 Å². The monoisotopic (exact) mass is 350 g/mol. The van der Waals surface area contributed by atoms with Crippen LogP contribution in [0.1, 0.15) is 71.1 Å². The van der Waals surface area contributed by atoms with E-state index in [0.29, 0.717) is 5.75 Å². The van der Waals surface area contributed by atoms with Crippen LogP contribution in [0.3, 0.4) is 0 Å². The summed E-state index contributed by atoms with van der Waals surface area (Å²) in [6.07, 6.45) is 1.62. The Morgan fingerprint density at radius 2 is 1.18 bits per heavy atom. The molecule has 0 heterocycles. The summed E-state index contributed by atoms with van der Waals surface area (Å²) in [4.78, 5) is 0. The lowest BCUT2D eigenvalue weighted by Crippen LogP contribution is -2.36. The Kier molecular flexibility index (Phi) is 11.5. The van der Waals surface area contributed by atoms with Gasteiger partial charge in [0.15, 0.2) is 0 Å². The molecular formula is C15H27F5OS. The van der Waals surface area contributed by atoms with Gasteiger partial charge in [0, 0.05) is 6.42 Å². The van der Waals surface area contributed by atoms with Gasteiger partial charge in [0.25, 0.3) is 0 Å². The van der Waals surface area contributed by atoms with Gasteiger partial charge in [-0.1, -0.05) is 56.6 Å². The summed E-state index contributed by atoms with van der Waals surface area (Å²) < 4.78 is 72.6. The standard InChI is InChI=1S/C15H27F5OS/c1-2-3-4-5-6-7-8-9-12-22(21)13-10-11-14(16,17)15(18,19)20/h2-13H2,1H3. The quantitative estimate of drug-likeness (QED) is 0.232. The first-order valence-corrected chi connectivity index (χ1v) is 9.49. The Morgan fingerprint density at radius 1 is 0.727 bits per heavy atom. The van der Waals surface area contributed by atoms with Crippen LogP contribution < -0.4 is 0 Å². The van der Waals surface area contributed by atoms with Crippen molar-refractivity contribution in [3.63, 3.8) is 0 Å². The summed E-state index contributed by atoms with van der Waals surface area (Å²) in [6.45, 7) is 2.15. The van der Waals surface area contributed by atoms with Gasteiger partial charge in [-0.05, 0) is 19.3 Å². The topological polar surface area (TPSA) is 23.1 Å². The van der Waals surface area contributed by atoms with E-state index in [2.05, 4.69) is 6.92 Å². The second-order valence-electron chi connectivity index (χ2n) is 5.63. The molecule has 0 radical (unpaired) electrons. The summed E-state index contributed by atoms with van der Waals surface area (Å²) in [5, 5.41) is 0. The minimum atomic E-state index is -5.51. The van der Waals surface area contributed by atoms with Gasteiger partial charge >= 0.3 is 12.1 Å². The van der Waals surface area contributed by atoms with Crippen molar-refractivity contribution in [1.82, 2.24) is 0 Å². The molecule has 1 atom stereocenters. The van der Waals surface area contributed by atoms with E-state index >= 15 is 0 Å². The number of rotatable bonds is 13. The fourth-order valence-electron chi connectivity index (χ4n) is 2.10. The van der Waals surface area contributed by atoms with Crippen molar-refractivity contribution in [2.45, 2.75) is 83.2 Å². The van der Waals surface area contributed by atoms with Crippen molar-refractivity contribution in [1.29, 1.82) is 0 Å². The molecule has 0 aromatic carbocycles. The van der Waals surface area contributed by atoms with E-state index in [4.69, 9.17) is 0 Å². The number of hydrogen-bond acceptors (Lipinski definition) is 1. The molecule has 0 saturated carbocycles. The Bertz CT molecular complexity index is 271. The van der Waals surface area contributed by atoms with Crippen molar-refractivity contribution in [3.05, 3.63) is 0 Å². The lowest BCUT2D eigenvalue weighted by atomic mass is 10.1. The first kappa shape index (κ1) is 22.0. The van der Waals surface area contributed by atoms with Crippen LogP contribution >= 0.6 is 0 Å². The van der Waals surface area contributed by atoms with E-state index in [-0.39, 0.29) is 12.2 Å². The predicted molar refractivity (Wildman–Crippen MR) is 80.7 cm³/mol. The highest BCUT2D eigenvalue weighted by Gasteiger charge is 2.56. The van der Waals surface area contributed by atoms with Gasteiger partial charge in [0.1, 0.15) is 11.5 Å². The van der Waals surface area contributed by atoms with E-state index in [9.17, 15) is 26.5 Å². The van der Waals surface area contributed by atoms with Crippen LogP contribution in [-0.2, 0) is 11.2 Å². The molecule has 22 heavy (non-hydrogen) atoms. The molecule has 0 aliphatic heterocycles. The first-order valence-electron chi connectivity index (χ1n) is 8.00. The second kappa shape index (κ2) is 11.5. The van der Waals surface area contributed by atoms with Crippen molar-refractivity contribution >= 4 is 11.2 Å². The summed E-state index contributed by atoms with van der Waals surface area (Å²) in [5.41, 5.74) is 0. The molecule has 0 aliphatic rings. The van der Waals surface area contributed by atoms with E-state index in [1.807, 2.05) is 0 Å². The minimum Gasteiger partial charge on any atom is -0.616 e. The molecule has 7 heteroatoms. The number of unbranched alkanes of at least 4 members (excludes halogenated alkanes) is 7. The Labute approximate surface area is 133 Å². The molecule has 1 nitrogen and oxygen atoms in total. The number of hydrogen-bond donors (Lipinski definition) is 0. The first-order chi connectivity index (χ1) is 10.2. The second-order valence-corrected chi connectivity index (χ2v) is 7.32. The van der Waals surface area contributed by atoms with Gasteiger partial charge in [0.05, 0.1) is 0 Å². The molecule has 0 rings (SSSR count). The van der Waals surface area contributed by atoms with Gasteiger partial charge in [-0.2, -0.15) is 22.0 Å². The number of alkyl halides is 5. The van der Waals surface area contributed by atoms with Gasteiger partial charge in [-0.15, -0.1) is 0 Å². The molecule has 134 valence electrons. The number of halogens is 5. The van der Waals surface area contributed by atoms with Crippen LogP contribution in [0.25, 0.3) is 0 Å². The normalized spacial score (nSPS) is 14.3. The highest BCUT2D eigenvalue weighted by molar-refractivity contribution is 7.91. The fourth-order valence-corrected chi connectivity index (χ4v) is 3.29. The lowest BCUT2D eigenvalue weighted by molar-refractivity contribution is -0.284.